The van der Waals surface area contributed by atoms with E-state index in [9.17, 15) is 14.7 Å². The summed E-state index contributed by atoms with van der Waals surface area (Å²) >= 11 is 0. The first-order valence-corrected chi connectivity index (χ1v) is 9.87. The molecule has 0 saturated heterocycles. The van der Waals surface area contributed by atoms with Crippen LogP contribution in [-0.2, 0) is 0 Å². The predicted octanol–water partition coefficient (Wildman–Crippen LogP) is 3.20. The van der Waals surface area contributed by atoms with Crippen LogP contribution in [0.4, 0.5) is 0 Å². The molecule has 0 atom stereocenters. The van der Waals surface area contributed by atoms with Gasteiger partial charge in [0, 0.05) is 0 Å². The quantitative estimate of drug-likeness (QED) is 0.642. The van der Waals surface area contributed by atoms with E-state index in [1.54, 1.807) is 30.3 Å². The van der Waals surface area contributed by atoms with Crippen LogP contribution in [0, 0.1) is 13.8 Å². The molecule has 0 fully saturated rings. The molecule has 0 saturated carbocycles. The Labute approximate surface area is 142 Å². The first-order valence-electron chi connectivity index (χ1n) is 7.78. The van der Waals surface area contributed by atoms with E-state index in [-0.39, 0.29) is 10.6 Å². The summed E-state index contributed by atoms with van der Waals surface area (Å²) in [4.78, 5) is 32.9. The van der Waals surface area contributed by atoms with Crippen molar-refractivity contribution in [1.82, 2.24) is 0 Å². The zero-order chi connectivity index (χ0) is 17.4. The third kappa shape index (κ3) is 2.77. The molecule has 0 heterocycles. The fraction of sp³-hybridized carbons (Fsp3) is 0.100. The maximum absolute atomic E-state index is 11.0. The van der Waals surface area contributed by atoms with E-state index >= 15 is 0 Å². The molecular weight excluding hydrogens is 319 g/mol. The van der Waals surface area contributed by atoms with Crippen molar-refractivity contribution >= 4 is 17.9 Å². The van der Waals surface area contributed by atoms with Crippen molar-refractivity contribution in [3.05, 3.63) is 83.9 Å². The van der Waals surface area contributed by atoms with Gasteiger partial charge in [-0.3, -0.25) is 0 Å². The monoisotopic (exact) mass is 340 g/mol. The van der Waals surface area contributed by atoms with Crippen molar-refractivity contribution in [2.45, 2.75) is 13.8 Å². The summed E-state index contributed by atoms with van der Waals surface area (Å²) in [7, 11) is -5.21. The van der Waals surface area contributed by atoms with Crippen LogP contribution < -0.4 is 10.6 Å². The van der Waals surface area contributed by atoms with E-state index in [0.717, 1.165) is 16.7 Å². The van der Waals surface area contributed by atoms with Gasteiger partial charge in [0.2, 0.25) is 0 Å². The minimum atomic E-state index is -5.21. The van der Waals surface area contributed by atoms with E-state index in [1.807, 2.05) is 44.2 Å². The second-order valence-corrected chi connectivity index (χ2v) is 9.04. The number of benzene rings is 3. The second kappa shape index (κ2) is 5.80. The predicted molar refractivity (Wildman–Crippen MR) is 101 cm³/mol. The molecule has 0 aliphatic carbocycles. The van der Waals surface area contributed by atoms with E-state index < -0.39 is 7.28 Å². The molecule has 3 nitrogen and oxygen atoms in total. The van der Waals surface area contributed by atoms with Crippen LogP contribution in [-0.4, -0.2) is 14.7 Å². The molecule has 0 radical (unpaired) electrons. The molecule has 3 rings (SSSR count). The van der Waals surface area contributed by atoms with E-state index in [0.29, 0.717) is 5.56 Å². The van der Waals surface area contributed by atoms with E-state index in [1.165, 1.54) is 12.1 Å². The maximum atomic E-state index is 11.0. The molecule has 0 aliphatic heterocycles. The Morgan fingerprint density at radius 1 is 0.625 bits per heavy atom. The van der Waals surface area contributed by atoms with E-state index in [2.05, 4.69) is 0 Å². The molecule has 3 N–H and O–H groups in total. The Morgan fingerprint density at radius 3 is 1.92 bits per heavy atom. The Hall–Kier alpha value is -2.03. The molecule has 0 spiro atoms. The zero-order valence-corrected chi connectivity index (χ0v) is 14.6. The average molecular weight is 340 g/mol. The number of hydrogen-bond acceptors (Lipinski definition) is 3. The van der Waals surface area contributed by atoms with Crippen molar-refractivity contribution in [1.29, 1.82) is 0 Å². The fourth-order valence-electron chi connectivity index (χ4n) is 2.94. The zero-order valence-electron chi connectivity index (χ0n) is 13.7. The van der Waals surface area contributed by atoms with Crippen molar-refractivity contribution in [2.24, 2.45) is 0 Å². The summed E-state index contributed by atoms with van der Waals surface area (Å²) in [5.41, 5.74) is 3.67. The fourth-order valence-corrected chi connectivity index (χ4v) is 4.94. The molecular formula is C20H21O3P. The van der Waals surface area contributed by atoms with Crippen LogP contribution in [0.3, 0.4) is 0 Å². The molecule has 0 amide bonds. The SMILES string of the molecule is Cc1cccc(-c2ccccc2P(O)(O)(O)c2ccccc2)c1C. The standard InChI is InChI=1S/C20H21O3P/c1-15-9-8-13-18(16(15)2)19-12-6-7-14-20(19)24(21,22,23)17-10-4-3-5-11-17/h3-14,21-23H,1-2H3. The summed E-state index contributed by atoms with van der Waals surface area (Å²) in [5, 5.41) is 0.282. The van der Waals surface area contributed by atoms with Gasteiger partial charge in [-0.15, -0.1) is 0 Å². The van der Waals surface area contributed by atoms with Crippen molar-refractivity contribution < 1.29 is 14.7 Å². The van der Waals surface area contributed by atoms with Crippen LogP contribution >= 0.6 is 7.28 Å². The first-order chi connectivity index (χ1) is 11.3. The van der Waals surface area contributed by atoms with Crippen LogP contribution in [0.2, 0.25) is 0 Å². The van der Waals surface area contributed by atoms with Crippen LogP contribution in [0.15, 0.2) is 72.8 Å². The van der Waals surface area contributed by atoms with Gasteiger partial charge < -0.3 is 0 Å². The number of hydrogen-bond donors (Lipinski definition) is 3. The molecule has 24 heavy (non-hydrogen) atoms. The first kappa shape index (κ1) is 16.8. The van der Waals surface area contributed by atoms with Gasteiger partial charge in [-0.1, -0.05) is 0 Å². The second-order valence-electron chi connectivity index (χ2n) is 6.08. The molecule has 0 unspecified atom stereocenters. The molecule has 124 valence electrons. The normalized spacial score (nSPS) is 13.3. The molecule has 3 aromatic rings. The molecule has 0 aromatic heterocycles. The van der Waals surface area contributed by atoms with E-state index in [4.69, 9.17) is 0 Å². The number of rotatable bonds is 3. The van der Waals surface area contributed by atoms with Crippen molar-refractivity contribution in [3.8, 4) is 11.1 Å². The van der Waals surface area contributed by atoms with Gasteiger partial charge in [0.1, 0.15) is 0 Å². The minimum absolute atomic E-state index is 0.126. The summed E-state index contributed by atoms with van der Waals surface area (Å²) < 4.78 is 0. The van der Waals surface area contributed by atoms with Gasteiger partial charge in [0.25, 0.3) is 0 Å². The van der Waals surface area contributed by atoms with Gasteiger partial charge in [-0.25, -0.2) is 0 Å². The van der Waals surface area contributed by atoms with Crippen molar-refractivity contribution in [3.63, 3.8) is 0 Å². The van der Waals surface area contributed by atoms with Crippen molar-refractivity contribution in [2.75, 3.05) is 0 Å². The Bertz CT molecular complexity index is 880. The molecule has 0 aliphatic rings. The Kier molecular flexibility index (Phi) is 4.06. The summed E-state index contributed by atoms with van der Waals surface area (Å²) in [6.45, 7) is 4.00. The van der Waals surface area contributed by atoms with Gasteiger partial charge in [0.05, 0.1) is 0 Å². The molecule has 4 heteroatoms. The molecule has 3 aromatic carbocycles. The summed E-state index contributed by atoms with van der Waals surface area (Å²) in [6, 6.07) is 21.0. The Morgan fingerprint density at radius 2 is 1.21 bits per heavy atom. The Balaban J connectivity index is 2.30. The van der Waals surface area contributed by atoms with Crippen LogP contribution in [0.1, 0.15) is 11.1 Å². The van der Waals surface area contributed by atoms with Gasteiger partial charge >= 0.3 is 141 Å². The average Bonchev–Trinajstić information content (AvgIpc) is 2.58. The molecule has 0 bridgehead atoms. The van der Waals surface area contributed by atoms with Crippen LogP contribution in [0.5, 0.6) is 0 Å². The summed E-state index contributed by atoms with van der Waals surface area (Å²) in [5.74, 6) is 0. The number of aryl methyl sites for hydroxylation is 1. The summed E-state index contributed by atoms with van der Waals surface area (Å²) in [6.07, 6.45) is 0. The van der Waals surface area contributed by atoms with Gasteiger partial charge in [-0.2, -0.15) is 0 Å². The third-order valence-corrected chi connectivity index (χ3v) is 7.00. The van der Waals surface area contributed by atoms with Gasteiger partial charge in [-0.05, 0) is 0 Å². The van der Waals surface area contributed by atoms with Gasteiger partial charge in [0.15, 0.2) is 0 Å². The topological polar surface area (TPSA) is 60.7 Å². The third-order valence-electron chi connectivity index (χ3n) is 4.47. The van der Waals surface area contributed by atoms with Crippen LogP contribution in [0.25, 0.3) is 11.1 Å².